The Balaban J connectivity index is 1.43. The zero-order chi connectivity index (χ0) is 23.6. The maximum Gasteiger partial charge on any atom is 0.261 e. The van der Waals surface area contributed by atoms with Gasteiger partial charge in [-0.2, -0.15) is 0 Å². The Hall–Kier alpha value is -2.88. The monoisotopic (exact) mass is 497 g/mol. The molecule has 0 saturated carbocycles. The zero-order valence-electron chi connectivity index (χ0n) is 18.4. The van der Waals surface area contributed by atoms with E-state index in [-0.39, 0.29) is 16.6 Å². The number of carbonyl (C=O) groups excluding carboxylic acids is 1. The highest BCUT2D eigenvalue weighted by Crippen LogP contribution is 2.32. The number of thiazole rings is 1. The summed E-state index contributed by atoms with van der Waals surface area (Å²) in [6.07, 6.45) is 0. The van der Waals surface area contributed by atoms with E-state index in [4.69, 9.17) is 0 Å². The molecule has 0 fully saturated rings. The first kappa shape index (κ1) is 23.3. The van der Waals surface area contributed by atoms with E-state index in [1.54, 1.807) is 42.5 Å². The van der Waals surface area contributed by atoms with Gasteiger partial charge in [-0.3, -0.25) is 9.52 Å². The van der Waals surface area contributed by atoms with Crippen molar-refractivity contribution in [2.24, 2.45) is 0 Å². The maximum atomic E-state index is 12.7. The molecule has 9 heteroatoms. The van der Waals surface area contributed by atoms with Crippen LogP contribution in [0.1, 0.15) is 16.7 Å². The van der Waals surface area contributed by atoms with E-state index in [9.17, 15) is 13.2 Å². The number of nitrogens with zero attached hydrogens (tertiary/aromatic N) is 1. The van der Waals surface area contributed by atoms with Crippen LogP contribution in [0.15, 0.2) is 69.9 Å². The van der Waals surface area contributed by atoms with E-state index < -0.39 is 10.0 Å². The van der Waals surface area contributed by atoms with E-state index in [1.165, 1.54) is 23.1 Å². The van der Waals surface area contributed by atoms with Gasteiger partial charge in [0.15, 0.2) is 4.34 Å². The molecule has 6 nitrogen and oxygen atoms in total. The molecule has 0 aliphatic carbocycles. The van der Waals surface area contributed by atoms with Crippen LogP contribution in [0, 0.1) is 20.8 Å². The van der Waals surface area contributed by atoms with Crippen molar-refractivity contribution in [2.45, 2.75) is 30.0 Å². The molecule has 170 valence electrons. The average Bonchev–Trinajstić information content (AvgIpc) is 3.18. The van der Waals surface area contributed by atoms with Crippen LogP contribution in [0.25, 0.3) is 10.2 Å². The van der Waals surface area contributed by atoms with Crippen molar-refractivity contribution in [3.05, 3.63) is 77.4 Å². The summed E-state index contributed by atoms with van der Waals surface area (Å²) >= 11 is 2.78. The highest BCUT2D eigenvalue weighted by molar-refractivity contribution is 8.01. The van der Waals surface area contributed by atoms with Crippen molar-refractivity contribution in [1.29, 1.82) is 0 Å². The van der Waals surface area contributed by atoms with Gasteiger partial charge in [-0.1, -0.05) is 41.6 Å². The van der Waals surface area contributed by atoms with E-state index >= 15 is 0 Å². The molecule has 1 heterocycles. The fraction of sp³-hybridized carbons (Fsp3) is 0.167. The van der Waals surface area contributed by atoms with Crippen molar-refractivity contribution in [2.75, 3.05) is 15.8 Å². The standard InChI is InChI=1S/C24H23N3O3S3/c1-15-7-10-19(11-8-15)33(29,30)27-18-9-12-21-22(13-18)32-24(26-21)31-14-23(28)25-20-6-4-5-16(2)17(20)3/h4-13,27H,14H2,1-3H3,(H,25,28). The van der Waals surface area contributed by atoms with Crippen LogP contribution in [-0.2, 0) is 14.8 Å². The first-order valence-electron chi connectivity index (χ1n) is 10.2. The van der Waals surface area contributed by atoms with Crippen molar-refractivity contribution >= 4 is 60.6 Å². The molecule has 0 atom stereocenters. The van der Waals surface area contributed by atoms with Crippen LogP contribution in [0.4, 0.5) is 11.4 Å². The Morgan fingerprint density at radius 3 is 2.55 bits per heavy atom. The lowest BCUT2D eigenvalue weighted by Crippen LogP contribution is -2.15. The third-order valence-corrected chi connectivity index (χ3v) is 8.72. The van der Waals surface area contributed by atoms with Gasteiger partial charge in [0.2, 0.25) is 5.91 Å². The number of nitrogens with one attached hydrogen (secondary N) is 2. The zero-order valence-corrected chi connectivity index (χ0v) is 20.8. The van der Waals surface area contributed by atoms with E-state index in [0.717, 1.165) is 36.9 Å². The number of carbonyl (C=O) groups is 1. The fourth-order valence-corrected chi connectivity index (χ4v) is 6.12. The van der Waals surface area contributed by atoms with Crippen LogP contribution in [0.5, 0.6) is 0 Å². The predicted molar refractivity (Wildman–Crippen MR) is 137 cm³/mol. The largest absolute Gasteiger partial charge is 0.325 e. The van der Waals surface area contributed by atoms with Crippen molar-refractivity contribution < 1.29 is 13.2 Å². The predicted octanol–water partition coefficient (Wildman–Crippen LogP) is 5.75. The quantitative estimate of drug-likeness (QED) is 0.317. The van der Waals surface area contributed by atoms with Crippen molar-refractivity contribution in [3.63, 3.8) is 0 Å². The highest BCUT2D eigenvalue weighted by Gasteiger charge is 2.15. The smallest absolute Gasteiger partial charge is 0.261 e. The summed E-state index contributed by atoms with van der Waals surface area (Å²) in [4.78, 5) is 17.2. The maximum absolute atomic E-state index is 12.7. The molecule has 2 N–H and O–H groups in total. The Bertz CT molecular complexity index is 1430. The molecule has 33 heavy (non-hydrogen) atoms. The number of aryl methyl sites for hydroxylation is 2. The second-order valence-corrected chi connectivity index (χ2v) is 11.6. The van der Waals surface area contributed by atoms with Crippen LogP contribution in [0.2, 0.25) is 0 Å². The van der Waals surface area contributed by atoms with E-state index in [2.05, 4.69) is 15.0 Å². The minimum Gasteiger partial charge on any atom is -0.325 e. The van der Waals surface area contributed by atoms with E-state index in [1.807, 2.05) is 39.0 Å². The average molecular weight is 498 g/mol. The van der Waals surface area contributed by atoms with Crippen LogP contribution in [0.3, 0.4) is 0 Å². The molecule has 4 aromatic rings. The van der Waals surface area contributed by atoms with Crippen molar-refractivity contribution in [3.8, 4) is 0 Å². The molecule has 0 radical (unpaired) electrons. The molecular weight excluding hydrogens is 474 g/mol. The molecule has 4 rings (SSSR count). The lowest BCUT2D eigenvalue weighted by Gasteiger charge is -2.09. The SMILES string of the molecule is Cc1ccc(S(=O)(=O)Nc2ccc3nc(SCC(=O)Nc4cccc(C)c4C)sc3c2)cc1. The minimum atomic E-state index is -3.67. The van der Waals surface area contributed by atoms with Gasteiger partial charge in [0, 0.05) is 5.69 Å². The van der Waals surface area contributed by atoms with Gasteiger partial charge in [-0.25, -0.2) is 13.4 Å². The molecule has 1 amide bonds. The normalized spacial score (nSPS) is 11.5. The minimum absolute atomic E-state index is 0.0977. The molecular formula is C24H23N3O3S3. The van der Waals surface area contributed by atoms with Crippen LogP contribution >= 0.6 is 23.1 Å². The molecule has 3 aromatic carbocycles. The van der Waals surface area contributed by atoms with Gasteiger partial charge < -0.3 is 5.32 Å². The lowest BCUT2D eigenvalue weighted by atomic mass is 10.1. The number of hydrogen-bond donors (Lipinski definition) is 2. The topological polar surface area (TPSA) is 88.2 Å². The Morgan fingerprint density at radius 1 is 1.03 bits per heavy atom. The Morgan fingerprint density at radius 2 is 1.79 bits per heavy atom. The molecule has 0 aliphatic heterocycles. The van der Waals surface area contributed by atoms with Crippen LogP contribution in [-0.4, -0.2) is 25.1 Å². The number of thioether (sulfide) groups is 1. The molecule has 0 spiro atoms. The number of benzene rings is 3. The molecule has 1 aromatic heterocycles. The van der Waals surface area contributed by atoms with Gasteiger partial charge in [-0.05, 0) is 68.3 Å². The molecule has 0 saturated heterocycles. The Kier molecular flexibility index (Phi) is 6.73. The first-order chi connectivity index (χ1) is 15.7. The summed E-state index contributed by atoms with van der Waals surface area (Å²) in [5.74, 6) is 0.139. The summed E-state index contributed by atoms with van der Waals surface area (Å²) in [7, 11) is -3.67. The number of aromatic nitrogens is 1. The third kappa shape index (κ3) is 5.55. The fourth-order valence-electron chi connectivity index (χ4n) is 3.16. The van der Waals surface area contributed by atoms with Gasteiger partial charge >= 0.3 is 0 Å². The second kappa shape index (κ2) is 9.54. The van der Waals surface area contributed by atoms with Gasteiger partial charge in [0.1, 0.15) is 0 Å². The third-order valence-electron chi connectivity index (χ3n) is 5.16. The summed E-state index contributed by atoms with van der Waals surface area (Å²) in [5, 5.41) is 2.95. The highest BCUT2D eigenvalue weighted by atomic mass is 32.2. The summed E-state index contributed by atoms with van der Waals surface area (Å²) in [6.45, 7) is 5.90. The van der Waals surface area contributed by atoms with Crippen molar-refractivity contribution in [1.82, 2.24) is 4.98 Å². The van der Waals surface area contributed by atoms with Crippen LogP contribution < -0.4 is 10.0 Å². The molecule has 0 bridgehead atoms. The summed E-state index contributed by atoms with van der Waals surface area (Å²) in [6, 6.07) is 17.7. The summed E-state index contributed by atoms with van der Waals surface area (Å²) < 4.78 is 29.5. The second-order valence-electron chi connectivity index (χ2n) is 7.67. The lowest BCUT2D eigenvalue weighted by molar-refractivity contribution is -0.113. The molecule has 0 aliphatic rings. The number of rotatable bonds is 7. The Labute approximate surface area is 201 Å². The number of fused-ring (bicyclic) bond motifs is 1. The van der Waals surface area contributed by atoms with Gasteiger partial charge in [0.25, 0.3) is 10.0 Å². The molecule has 0 unspecified atom stereocenters. The summed E-state index contributed by atoms with van der Waals surface area (Å²) in [5.41, 5.74) is 5.21. The number of amides is 1. The van der Waals surface area contributed by atoms with E-state index in [0.29, 0.717) is 5.69 Å². The van der Waals surface area contributed by atoms with Gasteiger partial charge in [0.05, 0.1) is 26.6 Å². The number of hydrogen-bond acceptors (Lipinski definition) is 6. The number of sulfonamides is 1. The van der Waals surface area contributed by atoms with Gasteiger partial charge in [-0.15, -0.1) is 11.3 Å². The first-order valence-corrected chi connectivity index (χ1v) is 13.5. The number of anilines is 2.